The van der Waals surface area contributed by atoms with E-state index >= 15 is 0 Å². The van der Waals surface area contributed by atoms with Gasteiger partial charge in [-0.1, -0.05) is 32.6 Å². The van der Waals surface area contributed by atoms with Gasteiger partial charge in [0.1, 0.15) is 22.6 Å². The highest BCUT2D eigenvalue weighted by Crippen LogP contribution is 2.34. The third-order valence-corrected chi connectivity index (χ3v) is 10.2. The monoisotopic (exact) mass is 566 g/mol. The molecule has 0 amide bonds. The highest BCUT2D eigenvalue weighted by atomic mass is 32.2. The summed E-state index contributed by atoms with van der Waals surface area (Å²) < 4.78 is 75.5. The molecule has 2 aromatic carbocycles. The third kappa shape index (κ3) is 6.74. The van der Waals surface area contributed by atoms with E-state index in [9.17, 15) is 26.3 Å². The molecule has 0 bridgehead atoms. The van der Waals surface area contributed by atoms with Crippen LogP contribution in [0.15, 0.2) is 52.3 Å². The summed E-state index contributed by atoms with van der Waals surface area (Å²) in [5.41, 5.74) is 0.570. The lowest BCUT2D eigenvalue weighted by Crippen LogP contribution is -2.50. The van der Waals surface area contributed by atoms with Crippen LogP contribution in [0.2, 0.25) is 0 Å². The Morgan fingerprint density at radius 2 is 1.84 bits per heavy atom. The van der Waals surface area contributed by atoms with E-state index in [0.717, 1.165) is 16.4 Å². The van der Waals surface area contributed by atoms with Crippen molar-refractivity contribution in [2.75, 3.05) is 26.7 Å². The van der Waals surface area contributed by atoms with E-state index in [1.165, 1.54) is 29.6 Å². The van der Waals surface area contributed by atoms with Gasteiger partial charge in [-0.15, -0.1) is 0 Å². The van der Waals surface area contributed by atoms with Crippen molar-refractivity contribution in [2.45, 2.75) is 56.1 Å². The summed E-state index contributed by atoms with van der Waals surface area (Å²) >= 11 is 0. The van der Waals surface area contributed by atoms with E-state index in [4.69, 9.17) is 4.74 Å². The van der Waals surface area contributed by atoms with Crippen LogP contribution in [0.5, 0.6) is 5.75 Å². The zero-order valence-corrected chi connectivity index (χ0v) is 23.9. The minimum atomic E-state index is -4.03. The molecule has 0 radical (unpaired) electrons. The fourth-order valence-electron chi connectivity index (χ4n) is 4.02. The molecule has 2 aromatic rings. The van der Waals surface area contributed by atoms with Crippen LogP contribution in [0.25, 0.3) is 0 Å². The molecular formula is C27H35FN2O6S2. The van der Waals surface area contributed by atoms with Crippen LogP contribution in [0, 0.1) is 29.5 Å². The number of aliphatic hydroxyl groups is 1. The second-order valence-corrected chi connectivity index (χ2v) is 13.9. The minimum absolute atomic E-state index is 0.00848. The van der Waals surface area contributed by atoms with Gasteiger partial charge in [-0.3, -0.25) is 0 Å². The fraction of sp³-hybridized carbons (Fsp3) is 0.481. The third-order valence-electron chi connectivity index (χ3n) is 6.37. The predicted molar refractivity (Wildman–Crippen MR) is 143 cm³/mol. The number of likely N-dealkylation sites (N-methyl/N-ethyl adjacent to an activating group) is 1. The van der Waals surface area contributed by atoms with Crippen molar-refractivity contribution in [1.82, 2.24) is 8.61 Å². The SMILES string of the molecule is CC(C)CC#Cc1ccc2c(c1)O[C@H](CN(C)S(=O)(=O)c1ccc(F)cc1)[C@@H](C)CN([C@H](C)CO)S2(=O)=O. The molecule has 1 aliphatic rings. The summed E-state index contributed by atoms with van der Waals surface area (Å²) in [5, 5.41) is 9.80. The second-order valence-electron chi connectivity index (χ2n) is 10.0. The minimum Gasteiger partial charge on any atom is -0.487 e. The molecule has 0 fully saturated rings. The fourth-order valence-corrected chi connectivity index (χ4v) is 7.03. The maximum absolute atomic E-state index is 13.6. The first-order chi connectivity index (χ1) is 17.8. The van der Waals surface area contributed by atoms with Crippen molar-refractivity contribution in [3.63, 3.8) is 0 Å². The summed E-state index contributed by atoms with van der Waals surface area (Å²) in [7, 11) is -6.61. The Hall–Kier alpha value is -2.49. The van der Waals surface area contributed by atoms with Crippen LogP contribution in [0.3, 0.4) is 0 Å². The number of hydrogen-bond acceptors (Lipinski definition) is 6. The van der Waals surface area contributed by atoms with Crippen molar-refractivity contribution < 1.29 is 31.1 Å². The average molecular weight is 567 g/mol. The molecule has 0 spiro atoms. The normalized spacial score (nSPS) is 20.6. The van der Waals surface area contributed by atoms with Gasteiger partial charge in [0.25, 0.3) is 0 Å². The van der Waals surface area contributed by atoms with Gasteiger partial charge in [0.2, 0.25) is 20.0 Å². The van der Waals surface area contributed by atoms with Gasteiger partial charge in [0, 0.05) is 37.5 Å². The van der Waals surface area contributed by atoms with Crippen molar-refractivity contribution in [3.8, 4) is 17.6 Å². The molecule has 11 heteroatoms. The van der Waals surface area contributed by atoms with Crippen LogP contribution in [0.1, 0.15) is 39.7 Å². The van der Waals surface area contributed by atoms with Gasteiger partial charge in [0.15, 0.2) is 0 Å². The molecule has 0 aliphatic carbocycles. The number of aliphatic hydroxyl groups excluding tert-OH is 1. The predicted octanol–water partition coefficient (Wildman–Crippen LogP) is 3.31. The molecule has 0 aromatic heterocycles. The maximum Gasteiger partial charge on any atom is 0.247 e. The molecule has 1 N–H and O–H groups in total. The molecule has 0 saturated carbocycles. The molecule has 8 nitrogen and oxygen atoms in total. The number of sulfonamides is 2. The van der Waals surface area contributed by atoms with E-state index in [1.54, 1.807) is 26.0 Å². The molecular weight excluding hydrogens is 531 g/mol. The lowest BCUT2D eigenvalue weighted by molar-refractivity contribution is 0.0904. The van der Waals surface area contributed by atoms with Crippen LogP contribution in [0.4, 0.5) is 4.39 Å². The molecule has 0 saturated heterocycles. The van der Waals surface area contributed by atoms with Gasteiger partial charge < -0.3 is 9.84 Å². The van der Waals surface area contributed by atoms with Crippen LogP contribution in [-0.2, 0) is 20.0 Å². The molecule has 3 rings (SSSR count). The van der Waals surface area contributed by atoms with E-state index in [-0.39, 0.29) is 35.2 Å². The maximum atomic E-state index is 13.6. The Labute approximate surface area is 225 Å². The number of fused-ring (bicyclic) bond motifs is 1. The largest absolute Gasteiger partial charge is 0.487 e. The lowest BCUT2D eigenvalue weighted by Gasteiger charge is -2.37. The molecule has 1 heterocycles. The molecule has 208 valence electrons. The van der Waals surface area contributed by atoms with Crippen LogP contribution in [-0.4, -0.2) is 69.4 Å². The van der Waals surface area contributed by atoms with Crippen molar-refractivity contribution >= 4 is 20.0 Å². The summed E-state index contributed by atoms with van der Waals surface area (Å²) in [5.74, 6) is 5.56. The van der Waals surface area contributed by atoms with E-state index < -0.39 is 43.9 Å². The quantitative estimate of drug-likeness (QED) is 0.516. The van der Waals surface area contributed by atoms with Crippen molar-refractivity contribution in [1.29, 1.82) is 0 Å². The summed E-state index contributed by atoms with van der Waals surface area (Å²) in [4.78, 5) is -0.144. The Kier molecular flexibility index (Phi) is 9.60. The number of nitrogens with zero attached hydrogens (tertiary/aromatic N) is 2. The first-order valence-electron chi connectivity index (χ1n) is 12.4. The standard InChI is InChI=1S/C27H35FN2O6S2/c1-19(2)7-6-8-22-9-14-27-25(15-22)36-26(20(3)16-30(21(4)18-31)38(27,34)35)17-29(5)37(32,33)24-12-10-23(28)11-13-24/h9-15,19-21,26,31H,7,16-18H2,1-5H3/t20-,21+,26+/m0/s1. The van der Waals surface area contributed by atoms with Gasteiger partial charge in [-0.05, 0) is 55.3 Å². The zero-order chi connectivity index (χ0) is 28.3. The number of rotatable bonds is 7. The van der Waals surface area contributed by atoms with Gasteiger partial charge in [0.05, 0.1) is 18.0 Å². The number of hydrogen-bond donors (Lipinski definition) is 1. The van der Waals surface area contributed by atoms with Crippen LogP contribution >= 0.6 is 0 Å². The summed E-state index contributed by atoms with van der Waals surface area (Å²) in [6.45, 7) is 7.00. The van der Waals surface area contributed by atoms with Gasteiger partial charge in [-0.25, -0.2) is 21.2 Å². The first kappa shape index (κ1) is 30.1. The topological polar surface area (TPSA) is 104 Å². The average Bonchev–Trinajstić information content (AvgIpc) is 2.85. The molecule has 0 unspecified atom stereocenters. The Morgan fingerprint density at radius 1 is 1.18 bits per heavy atom. The van der Waals surface area contributed by atoms with E-state index in [2.05, 4.69) is 11.8 Å². The number of ether oxygens (including phenoxy) is 1. The molecule has 3 atom stereocenters. The zero-order valence-electron chi connectivity index (χ0n) is 22.3. The molecule has 1 aliphatic heterocycles. The highest BCUT2D eigenvalue weighted by Gasteiger charge is 2.39. The van der Waals surface area contributed by atoms with Crippen molar-refractivity contribution in [3.05, 3.63) is 53.8 Å². The Morgan fingerprint density at radius 3 is 2.45 bits per heavy atom. The number of halogens is 1. The first-order valence-corrected chi connectivity index (χ1v) is 15.3. The van der Waals surface area contributed by atoms with E-state index in [1.807, 2.05) is 13.8 Å². The van der Waals surface area contributed by atoms with E-state index in [0.29, 0.717) is 17.9 Å². The smallest absolute Gasteiger partial charge is 0.247 e. The lowest BCUT2D eigenvalue weighted by atomic mass is 10.0. The Balaban J connectivity index is 2.04. The Bertz CT molecular complexity index is 1400. The highest BCUT2D eigenvalue weighted by molar-refractivity contribution is 7.89. The summed E-state index contributed by atoms with van der Waals surface area (Å²) in [6, 6.07) is 8.44. The van der Waals surface area contributed by atoms with Crippen molar-refractivity contribution in [2.24, 2.45) is 11.8 Å². The van der Waals surface area contributed by atoms with Gasteiger partial charge >= 0.3 is 0 Å². The summed E-state index contributed by atoms with van der Waals surface area (Å²) in [6.07, 6.45) is -0.0688. The van der Waals surface area contributed by atoms with Gasteiger partial charge in [-0.2, -0.15) is 8.61 Å². The molecule has 38 heavy (non-hydrogen) atoms. The van der Waals surface area contributed by atoms with Crippen LogP contribution < -0.4 is 4.74 Å². The number of benzene rings is 2. The second kappa shape index (κ2) is 12.1.